The van der Waals surface area contributed by atoms with E-state index in [4.69, 9.17) is 11.0 Å². The Balaban J connectivity index is 2.10. The first-order valence-corrected chi connectivity index (χ1v) is 11.3. The smallest absolute Gasteiger partial charge is 0.224 e. The number of carbonyl (C=O) groups excluding carboxylic acids is 1. The van der Waals surface area contributed by atoms with Crippen LogP contribution >= 0.6 is 11.8 Å². The molecule has 0 bridgehead atoms. The largest absolute Gasteiger partial charge is 0.343 e. The topological polar surface area (TPSA) is 113 Å². The molecule has 1 amide bonds. The van der Waals surface area contributed by atoms with E-state index in [9.17, 15) is 13.2 Å². The minimum absolute atomic E-state index is 0.0442. The van der Waals surface area contributed by atoms with Crippen LogP contribution < -0.4 is 11.1 Å². The van der Waals surface area contributed by atoms with Crippen molar-refractivity contribution in [3.05, 3.63) is 24.3 Å². The second-order valence-electron chi connectivity index (χ2n) is 6.60. The average molecular weight is 396 g/mol. The standard InChI is InChI=1S/C18H25N3O3S2/c1-13(20)25-15-6-8-16(9-7-15)26(23,24)12-14-4-2-3-5-17(14)18(22)21-11-10-19/h6-9,13-14,17H,2-5,11-12,20H2,1H3,(H,21,22). The SMILES string of the molecule is CC(N)Sc1ccc(S(=O)(=O)CC2CCCCC2C(=O)NCC#N)cc1. The lowest BCUT2D eigenvalue weighted by Crippen LogP contribution is -2.39. The quantitative estimate of drug-likeness (QED) is 0.416. The van der Waals surface area contributed by atoms with Crippen LogP contribution in [-0.2, 0) is 14.6 Å². The second kappa shape index (κ2) is 9.40. The zero-order chi connectivity index (χ0) is 19.2. The highest BCUT2D eigenvalue weighted by molar-refractivity contribution is 7.99. The van der Waals surface area contributed by atoms with Gasteiger partial charge in [0.05, 0.1) is 22.1 Å². The van der Waals surface area contributed by atoms with E-state index in [0.29, 0.717) is 12.8 Å². The van der Waals surface area contributed by atoms with E-state index in [1.54, 1.807) is 24.3 Å². The van der Waals surface area contributed by atoms with Crippen molar-refractivity contribution in [3.63, 3.8) is 0 Å². The molecule has 2 rings (SSSR count). The third kappa shape index (κ3) is 5.73. The predicted octanol–water partition coefficient (Wildman–Crippen LogP) is 2.30. The van der Waals surface area contributed by atoms with Crippen LogP contribution in [0.15, 0.2) is 34.1 Å². The summed E-state index contributed by atoms with van der Waals surface area (Å²) < 4.78 is 25.6. The van der Waals surface area contributed by atoms with Gasteiger partial charge in [-0.2, -0.15) is 5.26 Å². The molecule has 26 heavy (non-hydrogen) atoms. The van der Waals surface area contributed by atoms with Crippen molar-refractivity contribution in [1.29, 1.82) is 5.26 Å². The number of rotatable bonds is 7. The van der Waals surface area contributed by atoms with Gasteiger partial charge in [-0.3, -0.25) is 4.79 Å². The van der Waals surface area contributed by atoms with E-state index < -0.39 is 9.84 Å². The van der Waals surface area contributed by atoms with Crippen molar-refractivity contribution in [3.8, 4) is 6.07 Å². The highest BCUT2D eigenvalue weighted by Gasteiger charge is 2.34. The van der Waals surface area contributed by atoms with Crippen LogP contribution in [-0.4, -0.2) is 32.0 Å². The van der Waals surface area contributed by atoms with Crippen LogP contribution in [0.2, 0.25) is 0 Å². The van der Waals surface area contributed by atoms with Gasteiger partial charge < -0.3 is 11.1 Å². The number of carbonyl (C=O) groups is 1. The normalized spacial score (nSPS) is 21.6. The Morgan fingerprint density at radius 3 is 2.62 bits per heavy atom. The molecule has 0 radical (unpaired) electrons. The molecule has 6 nitrogen and oxygen atoms in total. The summed E-state index contributed by atoms with van der Waals surface area (Å²) in [5.41, 5.74) is 5.74. The number of hydrogen-bond donors (Lipinski definition) is 2. The monoisotopic (exact) mass is 395 g/mol. The highest BCUT2D eigenvalue weighted by Crippen LogP contribution is 2.33. The minimum atomic E-state index is -3.48. The number of nitrogens with zero attached hydrogens (tertiary/aromatic N) is 1. The molecule has 3 atom stereocenters. The zero-order valence-electron chi connectivity index (χ0n) is 14.8. The van der Waals surface area contributed by atoms with Gasteiger partial charge in [-0.05, 0) is 49.9 Å². The summed E-state index contributed by atoms with van der Waals surface area (Å²) in [6, 6.07) is 8.62. The van der Waals surface area contributed by atoms with Gasteiger partial charge in [0, 0.05) is 10.8 Å². The van der Waals surface area contributed by atoms with Gasteiger partial charge in [-0.1, -0.05) is 12.8 Å². The van der Waals surface area contributed by atoms with Gasteiger partial charge in [0.15, 0.2) is 9.84 Å². The van der Waals surface area contributed by atoms with Gasteiger partial charge in [-0.25, -0.2) is 8.42 Å². The third-order valence-electron chi connectivity index (χ3n) is 4.53. The van der Waals surface area contributed by atoms with Gasteiger partial charge in [0.2, 0.25) is 5.91 Å². The summed E-state index contributed by atoms with van der Waals surface area (Å²) in [5.74, 6) is -0.822. The molecular formula is C18H25N3O3S2. The number of sulfone groups is 1. The maximum Gasteiger partial charge on any atom is 0.224 e. The van der Waals surface area contributed by atoms with Crippen LogP contribution in [0, 0.1) is 23.2 Å². The Labute approximate surface area is 159 Å². The molecule has 8 heteroatoms. The molecule has 1 aliphatic carbocycles. The van der Waals surface area contributed by atoms with Crippen LogP contribution in [0.3, 0.4) is 0 Å². The summed E-state index contributed by atoms with van der Waals surface area (Å²) in [6.45, 7) is 1.82. The molecule has 0 saturated heterocycles. The van der Waals surface area contributed by atoms with E-state index in [1.165, 1.54) is 11.8 Å². The van der Waals surface area contributed by atoms with E-state index in [-0.39, 0.29) is 40.3 Å². The van der Waals surface area contributed by atoms with Gasteiger partial charge in [0.1, 0.15) is 6.54 Å². The number of nitrogens with one attached hydrogen (secondary N) is 1. The van der Waals surface area contributed by atoms with E-state index in [2.05, 4.69) is 5.32 Å². The Morgan fingerprint density at radius 1 is 1.35 bits per heavy atom. The molecule has 0 heterocycles. The summed E-state index contributed by atoms with van der Waals surface area (Å²) in [6.07, 6.45) is 3.21. The predicted molar refractivity (Wildman–Crippen MR) is 102 cm³/mol. The molecule has 1 aromatic carbocycles. The molecule has 0 spiro atoms. The van der Waals surface area contributed by atoms with Crippen molar-refractivity contribution >= 4 is 27.5 Å². The van der Waals surface area contributed by atoms with Gasteiger partial charge in [-0.15, -0.1) is 11.8 Å². The van der Waals surface area contributed by atoms with Crippen LogP contribution in [0.4, 0.5) is 0 Å². The average Bonchev–Trinajstić information content (AvgIpc) is 2.59. The van der Waals surface area contributed by atoms with Crippen molar-refractivity contribution in [2.24, 2.45) is 17.6 Å². The Kier molecular flexibility index (Phi) is 7.50. The Bertz CT molecular complexity index is 755. The fourth-order valence-electron chi connectivity index (χ4n) is 3.33. The molecule has 0 aliphatic heterocycles. The molecule has 3 N–H and O–H groups in total. The molecule has 1 aromatic rings. The lowest BCUT2D eigenvalue weighted by molar-refractivity contribution is -0.127. The first kappa shape index (κ1) is 20.7. The number of hydrogen-bond acceptors (Lipinski definition) is 6. The number of nitriles is 1. The summed E-state index contributed by atoms with van der Waals surface area (Å²) in [7, 11) is -3.48. The van der Waals surface area contributed by atoms with Crippen molar-refractivity contribution in [2.45, 2.75) is 47.8 Å². The van der Waals surface area contributed by atoms with Crippen LogP contribution in [0.25, 0.3) is 0 Å². The van der Waals surface area contributed by atoms with Crippen molar-refractivity contribution in [1.82, 2.24) is 5.32 Å². The highest BCUT2D eigenvalue weighted by atomic mass is 32.2. The Morgan fingerprint density at radius 2 is 2.00 bits per heavy atom. The molecule has 1 aliphatic rings. The number of amides is 1. The first-order chi connectivity index (χ1) is 12.3. The zero-order valence-corrected chi connectivity index (χ0v) is 16.5. The summed E-state index contributed by atoms with van der Waals surface area (Å²) in [4.78, 5) is 13.5. The fourth-order valence-corrected chi connectivity index (χ4v) is 5.76. The van der Waals surface area contributed by atoms with E-state index in [1.807, 2.05) is 13.0 Å². The lowest BCUT2D eigenvalue weighted by atomic mass is 9.80. The summed E-state index contributed by atoms with van der Waals surface area (Å²) in [5, 5.41) is 11.1. The minimum Gasteiger partial charge on any atom is -0.343 e. The lowest BCUT2D eigenvalue weighted by Gasteiger charge is -2.30. The van der Waals surface area contributed by atoms with Gasteiger partial charge >= 0.3 is 0 Å². The molecule has 3 unspecified atom stereocenters. The van der Waals surface area contributed by atoms with Crippen molar-refractivity contribution < 1.29 is 13.2 Å². The maximum absolute atomic E-state index is 12.8. The maximum atomic E-state index is 12.8. The van der Waals surface area contributed by atoms with Gasteiger partial charge in [0.25, 0.3) is 0 Å². The Hall–Kier alpha value is -1.56. The number of nitrogens with two attached hydrogens (primary N) is 1. The molecule has 1 fully saturated rings. The van der Waals surface area contributed by atoms with E-state index >= 15 is 0 Å². The first-order valence-electron chi connectivity index (χ1n) is 8.73. The number of benzene rings is 1. The summed E-state index contributed by atoms with van der Waals surface area (Å²) >= 11 is 1.47. The van der Waals surface area contributed by atoms with Crippen molar-refractivity contribution in [2.75, 3.05) is 12.3 Å². The molecule has 0 aromatic heterocycles. The van der Waals surface area contributed by atoms with E-state index in [0.717, 1.165) is 17.7 Å². The molecular weight excluding hydrogens is 370 g/mol. The van der Waals surface area contributed by atoms with Crippen LogP contribution in [0.1, 0.15) is 32.6 Å². The molecule has 142 valence electrons. The fraction of sp³-hybridized carbons (Fsp3) is 0.556. The number of thioether (sulfide) groups is 1. The third-order valence-corrected chi connectivity index (χ3v) is 7.30. The molecule has 1 saturated carbocycles. The second-order valence-corrected chi connectivity index (χ2v) is 10.1. The van der Waals surface area contributed by atoms with Crippen LogP contribution in [0.5, 0.6) is 0 Å².